The van der Waals surface area contributed by atoms with Gasteiger partial charge in [0.15, 0.2) is 0 Å². The van der Waals surface area contributed by atoms with Crippen LogP contribution in [0, 0.1) is 0 Å². The highest BCUT2D eigenvalue weighted by Gasteiger charge is 2.32. The maximum absolute atomic E-state index is 12.9. The van der Waals surface area contributed by atoms with E-state index in [0.29, 0.717) is 5.56 Å². The van der Waals surface area contributed by atoms with Crippen molar-refractivity contribution in [1.82, 2.24) is 10.4 Å². The van der Waals surface area contributed by atoms with E-state index < -0.39 is 0 Å². The molecule has 130 valence electrons. The SMILES string of the molecule is CCCC1Nc2ccc(Br)cc2C(=O)N1NC(=O)Cc1ccccc1. The Bertz CT molecular complexity index is 779. The Morgan fingerprint density at radius 3 is 2.72 bits per heavy atom. The molecule has 0 aromatic heterocycles. The number of hydrogen-bond acceptors (Lipinski definition) is 3. The Labute approximate surface area is 155 Å². The number of hydrazine groups is 1. The Kier molecular flexibility index (Phi) is 5.38. The van der Waals surface area contributed by atoms with Gasteiger partial charge in [-0.2, -0.15) is 0 Å². The molecule has 2 amide bonds. The van der Waals surface area contributed by atoms with Crippen LogP contribution in [0.1, 0.15) is 35.7 Å². The number of rotatable bonds is 5. The van der Waals surface area contributed by atoms with Gasteiger partial charge in [-0.3, -0.25) is 15.0 Å². The predicted octanol–water partition coefficient (Wildman–Crippen LogP) is 3.72. The summed E-state index contributed by atoms with van der Waals surface area (Å²) in [5, 5.41) is 4.76. The molecule has 0 bridgehead atoms. The number of carbonyl (C=O) groups excluding carboxylic acids is 2. The van der Waals surface area contributed by atoms with Gasteiger partial charge in [-0.1, -0.05) is 59.6 Å². The number of benzene rings is 2. The number of hydrogen-bond donors (Lipinski definition) is 2. The quantitative estimate of drug-likeness (QED) is 0.802. The van der Waals surface area contributed by atoms with E-state index in [0.717, 1.165) is 28.6 Å². The van der Waals surface area contributed by atoms with Crippen molar-refractivity contribution in [2.75, 3.05) is 5.32 Å². The van der Waals surface area contributed by atoms with Crippen LogP contribution in [0.25, 0.3) is 0 Å². The fraction of sp³-hybridized carbons (Fsp3) is 0.263. The molecule has 0 saturated carbocycles. The number of halogens is 1. The summed E-state index contributed by atoms with van der Waals surface area (Å²) in [7, 11) is 0. The molecule has 0 spiro atoms. The normalized spacial score (nSPS) is 16.2. The molecular formula is C19H20BrN3O2. The minimum absolute atomic E-state index is 0.199. The lowest BCUT2D eigenvalue weighted by molar-refractivity contribution is -0.125. The number of carbonyl (C=O) groups is 2. The summed E-state index contributed by atoms with van der Waals surface area (Å²) in [5.41, 5.74) is 5.02. The molecule has 0 fully saturated rings. The van der Waals surface area contributed by atoms with E-state index in [2.05, 4.69) is 26.7 Å². The molecule has 5 nitrogen and oxygen atoms in total. The van der Waals surface area contributed by atoms with Crippen LogP contribution in [0.3, 0.4) is 0 Å². The monoisotopic (exact) mass is 401 g/mol. The Morgan fingerprint density at radius 1 is 1.24 bits per heavy atom. The molecule has 1 aliphatic rings. The molecule has 1 heterocycles. The molecule has 3 rings (SSSR count). The van der Waals surface area contributed by atoms with Crippen molar-refractivity contribution < 1.29 is 9.59 Å². The molecule has 2 aromatic rings. The first-order valence-electron chi connectivity index (χ1n) is 8.31. The maximum Gasteiger partial charge on any atom is 0.276 e. The minimum atomic E-state index is -0.258. The summed E-state index contributed by atoms with van der Waals surface area (Å²) in [5.74, 6) is -0.407. The van der Waals surface area contributed by atoms with Gasteiger partial charge in [0.05, 0.1) is 12.0 Å². The molecule has 0 radical (unpaired) electrons. The summed E-state index contributed by atoms with van der Waals surface area (Å²) in [6.07, 6.45) is 1.61. The van der Waals surface area contributed by atoms with Gasteiger partial charge in [-0.05, 0) is 30.2 Å². The van der Waals surface area contributed by atoms with E-state index in [1.54, 1.807) is 6.07 Å². The second-order valence-electron chi connectivity index (χ2n) is 6.01. The van der Waals surface area contributed by atoms with Crippen LogP contribution in [0.15, 0.2) is 53.0 Å². The van der Waals surface area contributed by atoms with Crippen LogP contribution in [0.2, 0.25) is 0 Å². The highest BCUT2D eigenvalue weighted by Crippen LogP contribution is 2.28. The molecule has 6 heteroatoms. The summed E-state index contributed by atoms with van der Waals surface area (Å²) in [4.78, 5) is 25.3. The van der Waals surface area contributed by atoms with Crippen molar-refractivity contribution in [2.45, 2.75) is 32.4 Å². The summed E-state index contributed by atoms with van der Waals surface area (Å²) in [6.45, 7) is 2.05. The fourth-order valence-electron chi connectivity index (χ4n) is 2.89. The lowest BCUT2D eigenvalue weighted by atomic mass is 10.1. The van der Waals surface area contributed by atoms with Gasteiger partial charge in [0.25, 0.3) is 5.91 Å². The van der Waals surface area contributed by atoms with Crippen LogP contribution in [-0.4, -0.2) is 23.0 Å². The first-order valence-corrected chi connectivity index (χ1v) is 9.11. The third kappa shape index (κ3) is 4.02. The Balaban J connectivity index is 1.79. The summed E-state index contributed by atoms with van der Waals surface area (Å²) < 4.78 is 0.825. The molecule has 2 aromatic carbocycles. The smallest absolute Gasteiger partial charge is 0.276 e. The average Bonchev–Trinajstić information content (AvgIpc) is 2.60. The van der Waals surface area contributed by atoms with Crippen LogP contribution >= 0.6 is 15.9 Å². The second-order valence-corrected chi connectivity index (χ2v) is 6.93. The van der Waals surface area contributed by atoms with Gasteiger partial charge in [-0.25, -0.2) is 5.01 Å². The largest absolute Gasteiger partial charge is 0.363 e. The Morgan fingerprint density at radius 2 is 2.00 bits per heavy atom. The Hall–Kier alpha value is -2.34. The summed E-state index contributed by atoms with van der Waals surface area (Å²) >= 11 is 3.39. The van der Waals surface area contributed by atoms with Crippen LogP contribution in [0.5, 0.6) is 0 Å². The summed E-state index contributed by atoms with van der Waals surface area (Å²) in [6, 6.07) is 15.0. The van der Waals surface area contributed by atoms with Gasteiger partial charge in [0.1, 0.15) is 6.17 Å². The minimum Gasteiger partial charge on any atom is -0.363 e. The second kappa shape index (κ2) is 7.70. The topological polar surface area (TPSA) is 61.4 Å². The van der Waals surface area contributed by atoms with Gasteiger partial charge in [0, 0.05) is 10.2 Å². The van der Waals surface area contributed by atoms with Crippen molar-refractivity contribution >= 4 is 33.4 Å². The first kappa shape index (κ1) is 17.5. The van der Waals surface area contributed by atoms with E-state index in [-0.39, 0.29) is 24.4 Å². The van der Waals surface area contributed by atoms with Crippen molar-refractivity contribution in [3.63, 3.8) is 0 Å². The van der Waals surface area contributed by atoms with Crippen molar-refractivity contribution in [3.05, 3.63) is 64.1 Å². The fourth-order valence-corrected chi connectivity index (χ4v) is 3.25. The molecule has 0 aliphatic carbocycles. The number of amides is 2. The lowest BCUT2D eigenvalue weighted by Gasteiger charge is -2.37. The van der Waals surface area contributed by atoms with E-state index in [4.69, 9.17) is 0 Å². The molecule has 1 atom stereocenters. The van der Waals surface area contributed by atoms with Crippen molar-refractivity contribution in [2.24, 2.45) is 0 Å². The van der Waals surface area contributed by atoms with Gasteiger partial charge in [0.2, 0.25) is 5.91 Å². The number of nitrogens with zero attached hydrogens (tertiary/aromatic N) is 1. The van der Waals surface area contributed by atoms with Crippen molar-refractivity contribution in [3.8, 4) is 0 Å². The van der Waals surface area contributed by atoms with E-state index in [9.17, 15) is 9.59 Å². The zero-order valence-corrected chi connectivity index (χ0v) is 15.5. The van der Waals surface area contributed by atoms with Crippen molar-refractivity contribution in [1.29, 1.82) is 0 Å². The zero-order valence-electron chi connectivity index (χ0n) is 14.0. The molecule has 2 N–H and O–H groups in total. The number of anilines is 1. The molecule has 0 saturated heterocycles. The van der Waals surface area contributed by atoms with Gasteiger partial charge in [-0.15, -0.1) is 0 Å². The lowest BCUT2D eigenvalue weighted by Crippen LogP contribution is -2.57. The molecule has 1 unspecified atom stereocenters. The molecular weight excluding hydrogens is 382 g/mol. The molecule has 1 aliphatic heterocycles. The van der Waals surface area contributed by atoms with Crippen LogP contribution in [-0.2, 0) is 11.2 Å². The zero-order chi connectivity index (χ0) is 17.8. The van der Waals surface area contributed by atoms with Crippen LogP contribution in [0.4, 0.5) is 5.69 Å². The number of nitrogens with one attached hydrogen (secondary N) is 2. The maximum atomic E-state index is 12.9. The highest BCUT2D eigenvalue weighted by atomic mass is 79.9. The molecule has 25 heavy (non-hydrogen) atoms. The van der Waals surface area contributed by atoms with Gasteiger partial charge < -0.3 is 5.32 Å². The predicted molar refractivity (Wildman–Crippen MR) is 101 cm³/mol. The standard InChI is InChI=1S/C19H20BrN3O2/c1-2-6-17-21-16-10-9-14(20)12-15(16)19(25)23(17)22-18(24)11-13-7-4-3-5-8-13/h3-5,7-10,12,17,21H,2,6,11H2,1H3,(H,22,24). The van der Waals surface area contributed by atoms with Gasteiger partial charge >= 0.3 is 0 Å². The van der Waals surface area contributed by atoms with Crippen LogP contribution < -0.4 is 10.7 Å². The van der Waals surface area contributed by atoms with E-state index in [1.165, 1.54) is 5.01 Å². The highest BCUT2D eigenvalue weighted by molar-refractivity contribution is 9.10. The third-order valence-corrected chi connectivity index (χ3v) is 4.57. The average molecular weight is 402 g/mol. The number of fused-ring (bicyclic) bond motifs is 1. The van der Waals surface area contributed by atoms with E-state index in [1.807, 2.05) is 49.4 Å². The van der Waals surface area contributed by atoms with E-state index >= 15 is 0 Å². The third-order valence-electron chi connectivity index (χ3n) is 4.08. The first-order chi connectivity index (χ1) is 12.1.